The van der Waals surface area contributed by atoms with Gasteiger partial charge in [-0.05, 0) is 74.2 Å². The average Bonchev–Trinajstić information content (AvgIpc) is 3.12. The first-order valence-corrected chi connectivity index (χ1v) is 11.7. The minimum atomic E-state index is -0.301. The quantitative estimate of drug-likeness (QED) is 0.472. The Morgan fingerprint density at radius 3 is 2.55 bits per heavy atom. The highest BCUT2D eigenvalue weighted by Gasteiger charge is 2.49. The highest BCUT2D eigenvalue weighted by atomic mass is 19.1. The van der Waals surface area contributed by atoms with Crippen molar-refractivity contribution in [3.05, 3.63) is 90.2 Å². The molecule has 4 nitrogen and oxygen atoms in total. The van der Waals surface area contributed by atoms with Crippen molar-refractivity contribution < 1.29 is 13.9 Å². The number of halogens is 1. The van der Waals surface area contributed by atoms with Crippen LogP contribution in [0.4, 0.5) is 10.1 Å². The number of likely N-dealkylation sites (tertiary alicyclic amines) is 1. The zero-order chi connectivity index (χ0) is 22.8. The molecule has 2 aliphatic heterocycles. The van der Waals surface area contributed by atoms with E-state index in [-0.39, 0.29) is 17.3 Å². The van der Waals surface area contributed by atoms with E-state index in [9.17, 15) is 9.18 Å². The second-order valence-corrected chi connectivity index (χ2v) is 9.27. The maximum absolute atomic E-state index is 13.9. The molecule has 1 spiro atoms. The smallest absolute Gasteiger partial charge is 0.227 e. The van der Waals surface area contributed by atoms with Gasteiger partial charge < -0.3 is 9.64 Å². The highest BCUT2D eigenvalue weighted by Crippen LogP contribution is 2.44. The van der Waals surface area contributed by atoms with E-state index in [0.29, 0.717) is 18.2 Å². The third kappa shape index (κ3) is 4.51. The third-order valence-corrected chi connectivity index (χ3v) is 7.02. The summed E-state index contributed by atoms with van der Waals surface area (Å²) in [5.74, 6) is 1.46. The Balaban J connectivity index is 1.29. The molecule has 2 saturated heterocycles. The zero-order valence-electron chi connectivity index (χ0n) is 18.9. The topological polar surface area (TPSA) is 32.8 Å². The molecule has 0 saturated carbocycles. The molecule has 5 heteroatoms. The van der Waals surface area contributed by atoms with Crippen LogP contribution in [0.25, 0.3) is 0 Å². The van der Waals surface area contributed by atoms with Crippen molar-refractivity contribution in [1.29, 1.82) is 0 Å². The van der Waals surface area contributed by atoms with Crippen LogP contribution >= 0.6 is 0 Å². The van der Waals surface area contributed by atoms with Crippen molar-refractivity contribution in [3.8, 4) is 11.5 Å². The predicted octanol–water partition coefficient (Wildman–Crippen LogP) is 6.17. The number of rotatable bonds is 5. The molecule has 0 aliphatic carbocycles. The number of carbonyl (C=O) groups is 1. The largest absolute Gasteiger partial charge is 0.457 e. The van der Waals surface area contributed by atoms with Crippen LogP contribution in [-0.2, 0) is 11.3 Å². The molecule has 170 valence electrons. The van der Waals surface area contributed by atoms with Crippen LogP contribution < -0.4 is 9.64 Å². The number of piperidine rings is 1. The lowest BCUT2D eigenvalue weighted by Crippen LogP contribution is -2.56. The van der Waals surface area contributed by atoms with Crippen LogP contribution in [0.1, 0.15) is 38.2 Å². The molecule has 33 heavy (non-hydrogen) atoms. The number of amides is 1. The fourth-order valence-electron chi connectivity index (χ4n) is 5.45. The number of benzene rings is 3. The zero-order valence-corrected chi connectivity index (χ0v) is 18.9. The molecule has 0 aromatic heterocycles. The summed E-state index contributed by atoms with van der Waals surface area (Å²) >= 11 is 0. The first-order valence-electron chi connectivity index (χ1n) is 11.7. The molecule has 5 rings (SSSR count). The number of anilines is 1. The van der Waals surface area contributed by atoms with Gasteiger partial charge in [0.15, 0.2) is 0 Å². The van der Waals surface area contributed by atoms with Gasteiger partial charge in [0.2, 0.25) is 5.91 Å². The van der Waals surface area contributed by atoms with Gasteiger partial charge in [0.25, 0.3) is 0 Å². The molecule has 2 fully saturated rings. The fourth-order valence-corrected chi connectivity index (χ4v) is 5.45. The summed E-state index contributed by atoms with van der Waals surface area (Å²) in [5.41, 5.74) is 1.67. The predicted molar refractivity (Wildman–Crippen MR) is 128 cm³/mol. The molecule has 2 atom stereocenters. The highest BCUT2D eigenvalue weighted by molar-refractivity contribution is 5.97. The van der Waals surface area contributed by atoms with E-state index in [1.54, 1.807) is 6.07 Å². The van der Waals surface area contributed by atoms with Crippen LogP contribution in [-0.4, -0.2) is 28.9 Å². The SMILES string of the molecule is CC1CC2(CCC(=O)N2c2cccc(F)c2)CCN1Cc1cccc(Oc2ccccc2)c1. The van der Waals surface area contributed by atoms with Gasteiger partial charge in [0.05, 0.1) is 5.54 Å². The lowest BCUT2D eigenvalue weighted by Gasteiger charge is -2.48. The Kier molecular flexibility index (Phi) is 5.90. The van der Waals surface area contributed by atoms with E-state index >= 15 is 0 Å². The van der Waals surface area contributed by atoms with Gasteiger partial charge in [0.1, 0.15) is 17.3 Å². The van der Waals surface area contributed by atoms with Gasteiger partial charge in [-0.25, -0.2) is 4.39 Å². The fraction of sp³-hybridized carbons (Fsp3) is 0.321. The number of para-hydroxylation sites is 1. The number of ether oxygens (including phenoxy) is 1. The summed E-state index contributed by atoms with van der Waals surface area (Å²) in [6.07, 6.45) is 3.14. The first kappa shape index (κ1) is 21.7. The van der Waals surface area contributed by atoms with Crippen molar-refractivity contribution in [1.82, 2.24) is 4.90 Å². The minimum absolute atomic E-state index is 0.104. The summed E-state index contributed by atoms with van der Waals surface area (Å²) in [4.78, 5) is 17.2. The summed E-state index contributed by atoms with van der Waals surface area (Å²) in [6.45, 7) is 3.96. The molecule has 0 N–H and O–H groups in total. The van der Waals surface area contributed by atoms with E-state index in [0.717, 1.165) is 43.9 Å². The summed E-state index contributed by atoms with van der Waals surface area (Å²) in [7, 11) is 0. The van der Waals surface area contributed by atoms with Crippen molar-refractivity contribution >= 4 is 11.6 Å². The van der Waals surface area contributed by atoms with Gasteiger partial charge in [0, 0.05) is 31.2 Å². The number of hydrogen-bond acceptors (Lipinski definition) is 3. The van der Waals surface area contributed by atoms with E-state index in [4.69, 9.17) is 4.74 Å². The van der Waals surface area contributed by atoms with Gasteiger partial charge >= 0.3 is 0 Å². The lowest BCUT2D eigenvalue weighted by molar-refractivity contribution is -0.117. The van der Waals surface area contributed by atoms with Crippen molar-refractivity contribution in [2.45, 2.75) is 50.7 Å². The summed E-state index contributed by atoms with van der Waals surface area (Å²) in [6, 6.07) is 24.8. The van der Waals surface area contributed by atoms with Gasteiger partial charge in [-0.3, -0.25) is 9.69 Å². The van der Waals surface area contributed by atoms with Crippen LogP contribution in [0.2, 0.25) is 0 Å². The number of carbonyl (C=O) groups excluding carboxylic acids is 1. The summed E-state index contributed by atoms with van der Waals surface area (Å²) in [5, 5.41) is 0. The Morgan fingerprint density at radius 1 is 0.970 bits per heavy atom. The van der Waals surface area contributed by atoms with Crippen LogP contribution in [0.3, 0.4) is 0 Å². The van der Waals surface area contributed by atoms with Crippen molar-refractivity contribution in [2.75, 3.05) is 11.4 Å². The van der Waals surface area contributed by atoms with Crippen LogP contribution in [0.15, 0.2) is 78.9 Å². The second kappa shape index (κ2) is 8.99. The van der Waals surface area contributed by atoms with Crippen molar-refractivity contribution in [2.24, 2.45) is 0 Å². The second-order valence-electron chi connectivity index (χ2n) is 9.27. The van der Waals surface area contributed by atoms with E-state index in [1.165, 1.54) is 17.7 Å². The molecule has 1 amide bonds. The van der Waals surface area contributed by atoms with Gasteiger partial charge in [-0.2, -0.15) is 0 Å². The van der Waals surface area contributed by atoms with E-state index < -0.39 is 0 Å². The molecular weight excluding hydrogens is 415 g/mol. The van der Waals surface area contributed by atoms with Gasteiger partial charge in [-0.1, -0.05) is 36.4 Å². The molecule has 3 aromatic rings. The average molecular weight is 445 g/mol. The van der Waals surface area contributed by atoms with E-state index in [1.807, 2.05) is 53.4 Å². The molecular formula is C28H29FN2O2. The monoisotopic (exact) mass is 444 g/mol. The Morgan fingerprint density at radius 2 is 1.76 bits per heavy atom. The Labute approximate surface area is 194 Å². The Hall–Kier alpha value is -3.18. The maximum Gasteiger partial charge on any atom is 0.227 e. The molecule has 0 bridgehead atoms. The number of hydrogen-bond donors (Lipinski definition) is 0. The molecule has 2 heterocycles. The standard InChI is InChI=1S/C28H29FN2O2/c1-21-19-28(14-13-27(32)31(28)24-9-6-8-23(29)18-24)15-16-30(21)20-22-7-5-12-26(17-22)33-25-10-3-2-4-11-25/h2-12,17-18,21H,13-16,19-20H2,1H3. The van der Waals surface area contributed by atoms with Gasteiger partial charge in [-0.15, -0.1) is 0 Å². The third-order valence-electron chi connectivity index (χ3n) is 7.02. The number of nitrogens with zero attached hydrogens (tertiary/aromatic N) is 2. The lowest BCUT2D eigenvalue weighted by atomic mass is 9.81. The Bertz CT molecular complexity index is 1140. The van der Waals surface area contributed by atoms with E-state index in [2.05, 4.69) is 24.0 Å². The normalized spacial score (nSPS) is 23.3. The van der Waals surface area contributed by atoms with Crippen LogP contribution in [0, 0.1) is 5.82 Å². The molecule has 3 aromatic carbocycles. The minimum Gasteiger partial charge on any atom is -0.457 e. The summed E-state index contributed by atoms with van der Waals surface area (Å²) < 4.78 is 19.9. The molecule has 2 aliphatic rings. The van der Waals surface area contributed by atoms with Crippen LogP contribution in [0.5, 0.6) is 11.5 Å². The molecule has 2 unspecified atom stereocenters. The maximum atomic E-state index is 13.9. The molecule has 0 radical (unpaired) electrons. The van der Waals surface area contributed by atoms with Crippen molar-refractivity contribution in [3.63, 3.8) is 0 Å². The first-order chi connectivity index (χ1) is 16.0.